The molecular weight excluding hydrogens is 478 g/mol. The van der Waals surface area contributed by atoms with Crippen LogP contribution in [0.1, 0.15) is 28.8 Å². The van der Waals surface area contributed by atoms with Crippen LogP contribution in [0.25, 0.3) is 0 Å². The molecule has 194 valence electrons. The molecule has 0 radical (unpaired) electrons. The fraction of sp³-hybridized carbons (Fsp3) is 0.609. The normalized spacial score (nSPS) is 18.6. The van der Waals surface area contributed by atoms with Gasteiger partial charge in [-0.3, -0.25) is 19.7 Å². The molecule has 1 aromatic rings. The van der Waals surface area contributed by atoms with Gasteiger partial charge >= 0.3 is 0 Å². The number of carbonyl (C=O) groups is 3. The quantitative estimate of drug-likeness (QED) is 0.171. The number of nitrogens with one attached hydrogen (secondary N) is 1. The minimum Gasteiger partial charge on any atom is -0.611 e. The highest BCUT2D eigenvalue weighted by atomic mass is 32.2. The average Bonchev–Trinajstić information content (AvgIpc) is 3.18. The molecule has 2 aliphatic heterocycles. The predicted octanol–water partition coefficient (Wildman–Crippen LogP) is -0.420. The molecule has 0 aromatic heterocycles. The maximum Gasteiger partial charge on any atom is 0.255 e. The summed E-state index contributed by atoms with van der Waals surface area (Å²) >= 11 is -1.37. The summed E-state index contributed by atoms with van der Waals surface area (Å²) in [6.07, 6.45) is 0.474. The standard InChI is InChI=1S/C23H33N3O8S/c24-6-7-31-8-9-32-10-11-33-12-13-34-14-15-35(30)20-3-1-2-17-18(20)16-26(23(17)29)19-4-5-21(27)25-22(19)28/h1-3,19H,4-16,24H2,(H,25,27,28). The van der Waals surface area contributed by atoms with E-state index >= 15 is 0 Å². The first-order valence-corrected chi connectivity index (χ1v) is 13.0. The Morgan fingerprint density at radius 3 is 2.23 bits per heavy atom. The highest BCUT2D eigenvalue weighted by molar-refractivity contribution is 7.91. The lowest BCUT2D eigenvalue weighted by molar-refractivity contribution is -0.136. The SMILES string of the molecule is NCCOCCOCCOCCOCC[S+]([O-])c1cccc2c1CN(C1CCC(=O)NC1=O)C2=O. The van der Waals surface area contributed by atoms with Crippen molar-refractivity contribution < 1.29 is 37.9 Å². The van der Waals surface area contributed by atoms with Crippen LogP contribution in [0.5, 0.6) is 0 Å². The van der Waals surface area contributed by atoms with Gasteiger partial charge in [-0.15, -0.1) is 0 Å². The predicted molar refractivity (Wildman–Crippen MR) is 126 cm³/mol. The van der Waals surface area contributed by atoms with E-state index in [9.17, 15) is 18.9 Å². The van der Waals surface area contributed by atoms with Crippen molar-refractivity contribution in [2.24, 2.45) is 5.73 Å². The summed E-state index contributed by atoms with van der Waals surface area (Å²) in [6, 6.07) is 4.40. The molecule has 0 bridgehead atoms. The van der Waals surface area contributed by atoms with E-state index in [2.05, 4.69) is 5.32 Å². The first-order valence-electron chi connectivity index (χ1n) is 11.7. The number of nitrogens with zero attached hydrogens (tertiary/aromatic N) is 1. The summed E-state index contributed by atoms with van der Waals surface area (Å²) < 4.78 is 34.4. The van der Waals surface area contributed by atoms with Gasteiger partial charge in [-0.2, -0.15) is 0 Å². The van der Waals surface area contributed by atoms with Crippen LogP contribution >= 0.6 is 0 Å². The van der Waals surface area contributed by atoms with Gasteiger partial charge in [-0.05, 0) is 29.7 Å². The molecule has 0 aliphatic carbocycles. The molecule has 2 heterocycles. The minimum atomic E-state index is -1.37. The van der Waals surface area contributed by atoms with E-state index in [1.807, 2.05) is 0 Å². The molecule has 0 saturated carbocycles. The number of benzene rings is 1. The van der Waals surface area contributed by atoms with Crippen molar-refractivity contribution in [1.29, 1.82) is 0 Å². The summed E-state index contributed by atoms with van der Waals surface area (Å²) in [5.74, 6) is -0.813. The Hall–Kier alpha value is -2.06. The average molecular weight is 512 g/mol. The number of ether oxygens (including phenoxy) is 4. The summed E-state index contributed by atoms with van der Waals surface area (Å²) in [6.45, 7) is 4.15. The van der Waals surface area contributed by atoms with Crippen LogP contribution < -0.4 is 11.1 Å². The third-order valence-electron chi connectivity index (χ3n) is 5.58. The van der Waals surface area contributed by atoms with E-state index in [1.54, 1.807) is 18.2 Å². The van der Waals surface area contributed by atoms with Gasteiger partial charge in [0.15, 0.2) is 4.90 Å². The highest BCUT2D eigenvalue weighted by Gasteiger charge is 2.41. The van der Waals surface area contributed by atoms with Gasteiger partial charge in [0.2, 0.25) is 11.8 Å². The van der Waals surface area contributed by atoms with Gasteiger partial charge < -0.3 is 34.1 Å². The number of hydrogen-bond donors (Lipinski definition) is 2. The van der Waals surface area contributed by atoms with Crippen LogP contribution in [0, 0.1) is 0 Å². The van der Waals surface area contributed by atoms with Crippen LogP contribution in [-0.4, -0.2) is 98.4 Å². The summed E-state index contributed by atoms with van der Waals surface area (Å²) in [7, 11) is 0. The summed E-state index contributed by atoms with van der Waals surface area (Å²) in [5, 5.41) is 2.28. The van der Waals surface area contributed by atoms with Gasteiger partial charge in [0.25, 0.3) is 5.91 Å². The third-order valence-corrected chi connectivity index (χ3v) is 6.99. The second-order valence-corrected chi connectivity index (χ2v) is 9.51. The second kappa shape index (κ2) is 14.5. The minimum absolute atomic E-state index is 0.188. The molecule has 3 rings (SSSR count). The molecule has 11 nitrogen and oxygen atoms in total. The number of imide groups is 1. The van der Waals surface area contributed by atoms with Crippen molar-refractivity contribution in [3.8, 4) is 0 Å². The Morgan fingerprint density at radius 2 is 1.60 bits per heavy atom. The molecule has 35 heavy (non-hydrogen) atoms. The molecule has 1 saturated heterocycles. The van der Waals surface area contributed by atoms with E-state index < -0.39 is 23.1 Å². The first-order chi connectivity index (χ1) is 17.0. The number of rotatable bonds is 16. The van der Waals surface area contributed by atoms with Crippen LogP contribution in [0.15, 0.2) is 23.1 Å². The zero-order valence-electron chi connectivity index (χ0n) is 19.7. The Bertz CT molecular complexity index is 871. The topological polar surface area (TPSA) is 152 Å². The van der Waals surface area contributed by atoms with Crippen LogP contribution in [0.2, 0.25) is 0 Å². The number of amides is 3. The van der Waals surface area contributed by atoms with Crippen LogP contribution in [-0.2, 0) is 46.3 Å². The Balaban J connectivity index is 1.35. The number of nitrogens with two attached hydrogens (primary N) is 1. The molecule has 0 spiro atoms. The molecule has 3 N–H and O–H groups in total. The summed E-state index contributed by atoms with van der Waals surface area (Å²) in [5.41, 5.74) is 6.43. The van der Waals surface area contributed by atoms with Gasteiger partial charge in [-0.25, -0.2) is 0 Å². The van der Waals surface area contributed by atoms with E-state index in [0.29, 0.717) is 68.8 Å². The van der Waals surface area contributed by atoms with E-state index in [4.69, 9.17) is 24.7 Å². The first kappa shape index (κ1) is 27.5. The number of fused-ring (bicyclic) bond motifs is 1. The molecule has 2 unspecified atom stereocenters. The van der Waals surface area contributed by atoms with E-state index in [1.165, 1.54) is 4.90 Å². The van der Waals surface area contributed by atoms with Crippen molar-refractivity contribution in [3.05, 3.63) is 29.3 Å². The molecule has 1 aromatic carbocycles. The number of hydrogen-bond acceptors (Lipinski definition) is 9. The summed E-state index contributed by atoms with van der Waals surface area (Å²) in [4.78, 5) is 38.6. The van der Waals surface area contributed by atoms with Crippen molar-refractivity contribution in [3.63, 3.8) is 0 Å². The fourth-order valence-corrected chi connectivity index (χ4v) is 5.03. The lowest BCUT2D eigenvalue weighted by atomic mass is 10.0. The largest absolute Gasteiger partial charge is 0.611 e. The van der Waals surface area contributed by atoms with E-state index in [0.717, 1.165) is 0 Å². The molecule has 2 aliphatic rings. The monoisotopic (exact) mass is 511 g/mol. The lowest BCUT2D eigenvalue weighted by Gasteiger charge is -2.29. The van der Waals surface area contributed by atoms with Gasteiger partial charge in [0.1, 0.15) is 11.8 Å². The van der Waals surface area contributed by atoms with E-state index in [-0.39, 0.29) is 43.6 Å². The molecule has 2 atom stereocenters. The smallest absolute Gasteiger partial charge is 0.255 e. The number of carbonyl (C=O) groups excluding carboxylic acids is 3. The zero-order valence-corrected chi connectivity index (χ0v) is 20.5. The fourth-order valence-electron chi connectivity index (χ4n) is 3.86. The van der Waals surface area contributed by atoms with Crippen molar-refractivity contribution in [1.82, 2.24) is 10.2 Å². The van der Waals surface area contributed by atoms with Crippen LogP contribution in [0.3, 0.4) is 0 Å². The second-order valence-electron chi connectivity index (χ2n) is 7.97. The maximum absolute atomic E-state index is 12.9. The Morgan fingerprint density at radius 1 is 0.971 bits per heavy atom. The van der Waals surface area contributed by atoms with Crippen LogP contribution in [0.4, 0.5) is 0 Å². The lowest BCUT2D eigenvalue weighted by Crippen LogP contribution is -2.52. The maximum atomic E-state index is 12.9. The van der Waals surface area contributed by atoms with Gasteiger partial charge in [0, 0.05) is 24.1 Å². The van der Waals surface area contributed by atoms with Crippen molar-refractivity contribution >= 4 is 28.9 Å². The van der Waals surface area contributed by atoms with Gasteiger partial charge in [0.05, 0.1) is 59.4 Å². The van der Waals surface area contributed by atoms with Crippen molar-refractivity contribution in [2.45, 2.75) is 30.3 Å². The third kappa shape index (κ3) is 7.97. The molecule has 3 amide bonds. The molecule has 12 heteroatoms. The number of piperidine rings is 1. The molecule has 1 fully saturated rings. The van der Waals surface area contributed by atoms with Gasteiger partial charge in [-0.1, -0.05) is 6.07 Å². The molecular formula is C23H33N3O8S. The Labute approximate surface area is 207 Å². The highest BCUT2D eigenvalue weighted by Crippen LogP contribution is 2.32. The Kier molecular flexibility index (Phi) is 11.4. The zero-order chi connectivity index (χ0) is 25.0. The van der Waals surface area contributed by atoms with Crippen molar-refractivity contribution in [2.75, 3.05) is 65.2 Å².